The number of carbonyl (C=O) groups excluding carboxylic acids is 2. The zero-order valence-electron chi connectivity index (χ0n) is 29.9. The summed E-state index contributed by atoms with van der Waals surface area (Å²) >= 11 is 0. The lowest BCUT2D eigenvalue weighted by Gasteiger charge is -2.35. The van der Waals surface area contributed by atoms with E-state index in [4.69, 9.17) is 9.47 Å². The fraction of sp³-hybridized carbons (Fsp3) is 0.605. The van der Waals surface area contributed by atoms with Crippen molar-refractivity contribution in [2.45, 2.75) is 62.3 Å². The molecule has 4 aliphatic rings. The minimum absolute atomic E-state index is 0.0155. The molecule has 0 aromatic heterocycles. The Hall–Kier alpha value is -3.91. The minimum atomic E-state index is -4.60. The van der Waals surface area contributed by atoms with Crippen molar-refractivity contribution in [3.8, 4) is 5.75 Å². The Bertz CT molecular complexity index is 1620. The number of rotatable bonds is 10. The Morgan fingerprint density at radius 2 is 1.67 bits per heavy atom. The van der Waals surface area contributed by atoms with Gasteiger partial charge >= 0.3 is 12.1 Å². The van der Waals surface area contributed by atoms with Gasteiger partial charge in [0.25, 0.3) is 5.91 Å². The van der Waals surface area contributed by atoms with Gasteiger partial charge in [0.15, 0.2) is 0 Å². The molecule has 4 saturated heterocycles. The second-order valence-corrected chi connectivity index (χ2v) is 14.8. The molecule has 2 amide bonds. The number of hydrogen-bond donors (Lipinski definition) is 1. The Morgan fingerprint density at radius 3 is 2.27 bits per heavy atom. The fourth-order valence-corrected chi connectivity index (χ4v) is 8.74. The van der Waals surface area contributed by atoms with Gasteiger partial charge in [-0.1, -0.05) is 18.2 Å². The molecule has 4 heterocycles. The van der Waals surface area contributed by atoms with Crippen molar-refractivity contribution in [3.05, 3.63) is 59.2 Å². The van der Waals surface area contributed by atoms with Crippen LogP contribution in [0.2, 0.25) is 0 Å². The van der Waals surface area contributed by atoms with Gasteiger partial charge in [-0.3, -0.25) is 19.3 Å². The maximum absolute atomic E-state index is 17.7. The first-order valence-corrected chi connectivity index (χ1v) is 18.0. The molecule has 0 spiro atoms. The van der Waals surface area contributed by atoms with Crippen LogP contribution in [0.1, 0.15) is 61.1 Å². The number of ether oxygens (including phenoxy) is 2. The molecule has 4 fully saturated rings. The maximum Gasteiger partial charge on any atom is 0.416 e. The predicted octanol–water partition coefficient (Wildman–Crippen LogP) is 5.02. The summed E-state index contributed by atoms with van der Waals surface area (Å²) in [5, 5.41) is 9.52. The molecule has 2 aromatic carbocycles. The summed E-state index contributed by atoms with van der Waals surface area (Å²) < 4.78 is 70.5. The molecule has 0 unspecified atom stereocenters. The summed E-state index contributed by atoms with van der Waals surface area (Å²) in [6, 6.07) is 10.6. The van der Waals surface area contributed by atoms with E-state index in [0.29, 0.717) is 29.1 Å². The Kier molecular flexibility index (Phi) is 11.1. The Labute approximate surface area is 301 Å². The number of aliphatic carboxylic acids is 1. The van der Waals surface area contributed by atoms with E-state index in [0.717, 1.165) is 25.0 Å². The van der Waals surface area contributed by atoms with Crippen LogP contribution in [0.3, 0.4) is 0 Å². The van der Waals surface area contributed by atoms with Gasteiger partial charge in [0, 0.05) is 82.4 Å². The number of amides is 2. The zero-order valence-corrected chi connectivity index (χ0v) is 29.9. The van der Waals surface area contributed by atoms with Gasteiger partial charge in [-0.2, -0.15) is 13.2 Å². The average Bonchev–Trinajstić information content (AvgIpc) is 3.84. The minimum Gasteiger partial charge on any atom is -0.497 e. The van der Waals surface area contributed by atoms with Crippen molar-refractivity contribution < 1.29 is 46.5 Å². The first-order valence-electron chi connectivity index (χ1n) is 18.0. The number of carboxylic acid groups (broad SMARTS) is 1. The maximum atomic E-state index is 17.7. The van der Waals surface area contributed by atoms with E-state index in [1.807, 2.05) is 11.8 Å². The highest BCUT2D eigenvalue weighted by molar-refractivity contribution is 5.88. The number of benzene rings is 2. The lowest BCUT2D eigenvalue weighted by atomic mass is 9.85. The molecule has 1 N–H and O–H groups in total. The van der Waals surface area contributed by atoms with Crippen LogP contribution in [0.15, 0.2) is 42.5 Å². The largest absolute Gasteiger partial charge is 0.497 e. The van der Waals surface area contributed by atoms with Crippen molar-refractivity contribution in [2.24, 2.45) is 11.8 Å². The van der Waals surface area contributed by atoms with Gasteiger partial charge in [-0.05, 0) is 68.0 Å². The molecule has 0 bridgehead atoms. The van der Waals surface area contributed by atoms with Crippen LogP contribution in [0.5, 0.6) is 5.75 Å². The summed E-state index contributed by atoms with van der Waals surface area (Å²) in [6.45, 7) is 3.39. The molecular weight excluding hydrogens is 684 g/mol. The zero-order chi connectivity index (χ0) is 37.4. The third-order valence-electron chi connectivity index (χ3n) is 11.6. The van der Waals surface area contributed by atoms with E-state index < -0.39 is 47.0 Å². The van der Waals surface area contributed by atoms with Gasteiger partial charge in [0.05, 0.1) is 31.7 Å². The summed E-state index contributed by atoms with van der Waals surface area (Å²) in [5.41, 5.74) is -1.70. The standard InChI is InChI=1S/C38H48F4N4O6/c1-24-5-4-14-46(24)34(47)21-43-20-32(25-6-9-29(52-3)10-7-25)37(39,23-43)36(50)45-18-27(22-51-2)31(19-45)30-11-8-28(38(40,41)42)17-33(30)44-15-12-26(13-16-44)35(48)49/h6-11,17,24,26-27,31-32H,4-5,12-16,18-23H2,1-3H3,(H,48,49)/t24-,27+,31-,32-,37-/m0/s1. The molecule has 4 aliphatic heterocycles. The number of anilines is 1. The van der Waals surface area contributed by atoms with Gasteiger partial charge in [0.1, 0.15) is 5.75 Å². The molecule has 52 heavy (non-hydrogen) atoms. The van der Waals surface area contributed by atoms with Crippen LogP contribution < -0.4 is 9.64 Å². The lowest BCUT2D eigenvalue weighted by Crippen LogP contribution is -2.50. The van der Waals surface area contributed by atoms with Gasteiger partial charge in [0.2, 0.25) is 11.6 Å². The number of piperidine rings is 1. The first kappa shape index (κ1) is 37.8. The summed E-state index contributed by atoms with van der Waals surface area (Å²) in [4.78, 5) is 46.3. The molecule has 0 radical (unpaired) electrons. The monoisotopic (exact) mass is 732 g/mol. The second kappa shape index (κ2) is 15.2. The van der Waals surface area contributed by atoms with Crippen molar-refractivity contribution in [3.63, 3.8) is 0 Å². The van der Waals surface area contributed by atoms with Crippen LogP contribution in [0.25, 0.3) is 0 Å². The molecule has 0 saturated carbocycles. The highest BCUT2D eigenvalue weighted by atomic mass is 19.4. The summed E-state index contributed by atoms with van der Waals surface area (Å²) in [7, 11) is 3.04. The van der Waals surface area contributed by atoms with Gasteiger partial charge < -0.3 is 29.3 Å². The highest BCUT2D eigenvalue weighted by Gasteiger charge is 2.57. The highest BCUT2D eigenvalue weighted by Crippen LogP contribution is 2.46. The van der Waals surface area contributed by atoms with Crippen molar-refractivity contribution >= 4 is 23.5 Å². The van der Waals surface area contributed by atoms with E-state index >= 15 is 4.39 Å². The molecule has 10 nitrogen and oxygen atoms in total. The summed E-state index contributed by atoms with van der Waals surface area (Å²) in [6.07, 6.45) is -2.21. The van der Waals surface area contributed by atoms with E-state index in [9.17, 15) is 32.7 Å². The average molecular weight is 733 g/mol. The molecule has 6 rings (SSSR count). The predicted molar refractivity (Wildman–Crippen MR) is 185 cm³/mol. The Morgan fingerprint density at radius 1 is 0.962 bits per heavy atom. The number of likely N-dealkylation sites (tertiary alicyclic amines) is 3. The van der Waals surface area contributed by atoms with E-state index in [2.05, 4.69) is 0 Å². The van der Waals surface area contributed by atoms with Gasteiger partial charge in [-0.25, -0.2) is 4.39 Å². The smallest absolute Gasteiger partial charge is 0.416 e. The van der Waals surface area contributed by atoms with Gasteiger partial charge in [-0.15, -0.1) is 0 Å². The third kappa shape index (κ3) is 7.59. The van der Waals surface area contributed by atoms with Crippen molar-refractivity contribution in [1.29, 1.82) is 0 Å². The van der Waals surface area contributed by atoms with Crippen molar-refractivity contribution in [2.75, 3.05) is 78.1 Å². The fourth-order valence-electron chi connectivity index (χ4n) is 8.74. The molecule has 14 heteroatoms. The Balaban J connectivity index is 1.30. The first-order chi connectivity index (χ1) is 24.7. The molecule has 5 atom stereocenters. The molecular formula is C38H48F4N4O6. The molecule has 2 aromatic rings. The third-order valence-corrected chi connectivity index (χ3v) is 11.6. The number of hydrogen-bond acceptors (Lipinski definition) is 7. The topological polar surface area (TPSA) is 103 Å². The number of methoxy groups -OCH3 is 2. The van der Waals surface area contributed by atoms with Crippen LogP contribution in [-0.2, 0) is 25.3 Å². The summed E-state index contributed by atoms with van der Waals surface area (Å²) in [5.74, 6) is -3.45. The quantitative estimate of drug-likeness (QED) is 0.340. The number of alkyl halides is 4. The van der Waals surface area contributed by atoms with Crippen LogP contribution in [0.4, 0.5) is 23.2 Å². The number of halogens is 4. The van der Waals surface area contributed by atoms with Crippen LogP contribution in [-0.4, -0.2) is 122 Å². The molecule has 284 valence electrons. The van der Waals surface area contributed by atoms with E-state index in [-0.39, 0.29) is 83.1 Å². The number of nitrogens with zero attached hydrogens (tertiary/aromatic N) is 4. The van der Waals surface area contributed by atoms with Crippen LogP contribution in [0, 0.1) is 11.8 Å². The van der Waals surface area contributed by atoms with E-state index in [1.54, 1.807) is 34.1 Å². The van der Waals surface area contributed by atoms with Crippen LogP contribution >= 0.6 is 0 Å². The number of carbonyl (C=O) groups is 3. The lowest BCUT2D eigenvalue weighted by molar-refractivity contribution is -0.144. The van der Waals surface area contributed by atoms with Crippen molar-refractivity contribution in [1.82, 2.24) is 14.7 Å². The van der Waals surface area contributed by atoms with E-state index in [1.165, 1.54) is 25.2 Å². The SMILES string of the molecule is COC[C@H]1CN(C(=O)[C@]2(F)CN(CC(=O)N3CCC[C@@H]3C)C[C@H]2c2ccc(OC)cc2)C[C@@H]1c1ccc(C(F)(F)F)cc1N1CCC(C(=O)O)CC1. The molecule has 0 aliphatic carbocycles. The second-order valence-electron chi connectivity index (χ2n) is 14.8. The number of carboxylic acids is 1. The normalized spacial score (nSPS) is 27.4.